The normalized spacial score (nSPS) is 17.0. The zero-order valence-corrected chi connectivity index (χ0v) is 25.1. The van der Waals surface area contributed by atoms with Crippen LogP contribution >= 0.6 is 11.3 Å². The minimum absolute atomic E-state index is 0.00808. The van der Waals surface area contributed by atoms with E-state index in [1.54, 1.807) is 48.1 Å². The number of carboxylic acid groups (broad SMARTS) is 1. The number of carbonyl (C=O) groups is 2. The van der Waals surface area contributed by atoms with Gasteiger partial charge in [0, 0.05) is 58.1 Å². The number of nitrogens with one attached hydrogen (secondary N) is 2. The van der Waals surface area contributed by atoms with Gasteiger partial charge in [-0.25, -0.2) is 14.8 Å². The molecule has 1 atom stereocenters. The maximum Gasteiger partial charge on any atom is 0.341 e. The summed E-state index contributed by atoms with van der Waals surface area (Å²) >= 11 is 1.32. The Kier molecular flexibility index (Phi) is 9.92. The molecule has 5 rings (SSSR count). The number of thiazole rings is 1. The number of ether oxygens (including phenoxy) is 1. The molecular weight excluding hydrogens is 576 g/mol. The number of aromatic nitrogens is 3. The molecule has 0 aliphatic carbocycles. The van der Waals surface area contributed by atoms with Crippen molar-refractivity contribution in [3.8, 4) is 5.13 Å². The Morgan fingerprint density at radius 3 is 2.60 bits per heavy atom. The van der Waals surface area contributed by atoms with Crippen molar-refractivity contribution in [3.63, 3.8) is 0 Å². The number of hydrogen-bond donors (Lipinski definition) is 5. The fourth-order valence-corrected chi connectivity index (χ4v) is 5.27. The number of rotatable bonds is 6. The van der Waals surface area contributed by atoms with E-state index in [2.05, 4.69) is 15.3 Å². The first-order chi connectivity index (χ1) is 20.5. The highest BCUT2D eigenvalue weighted by atomic mass is 32.1. The number of carboxylic acids is 1. The third kappa shape index (κ3) is 7.45. The van der Waals surface area contributed by atoms with Crippen molar-refractivity contribution in [3.05, 3.63) is 45.2 Å². The van der Waals surface area contributed by atoms with Gasteiger partial charge in [0.15, 0.2) is 16.7 Å². The smallest absolute Gasteiger partial charge is 0.341 e. The number of hydrogen-bond acceptors (Lipinski definition) is 9. The van der Waals surface area contributed by atoms with Gasteiger partial charge in [-0.1, -0.05) is 0 Å². The molecular formula is C27H36N10O5S. The van der Waals surface area contributed by atoms with Gasteiger partial charge in [0.25, 0.3) is 0 Å². The Morgan fingerprint density at radius 1 is 1.30 bits per heavy atom. The highest BCUT2D eigenvalue weighted by molar-refractivity contribution is 7.12. The second-order valence-corrected chi connectivity index (χ2v) is 11.3. The van der Waals surface area contributed by atoms with Gasteiger partial charge in [-0.05, 0) is 37.8 Å². The lowest BCUT2D eigenvalue weighted by Crippen LogP contribution is -2.55. The van der Waals surface area contributed by atoms with Gasteiger partial charge in [0.2, 0.25) is 17.3 Å². The molecule has 2 aliphatic rings. The highest BCUT2D eigenvalue weighted by Crippen LogP contribution is 2.28. The van der Waals surface area contributed by atoms with Crippen LogP contribution in [0.4, 0.5) is 5.82 Å². The number of pyridine rings is 2. The summed E-state index contributed by atoms with van der Waals surface area (Å²) in [6, 6.07) is 1.77. The van der Waals surface area contributed by atoms with Gasteiger partial charge >= 0.3 is 5.97 Å². The second kappa shape index (κ2) is 13.6. The molecule has 0 saturated carbocycles. The summed E-state index contributed by atoms with van der Waals surface area (Å²) in [5, 5.41) is 21.8. The fraction of sp³-hybridized carbons (Fsp3) is 0.444. The zero-order valence-electron chi connectivity index (χ0n) is 24.2. The average Bonchev–Trinajstić information content (AvgIpc) is 3.46. The van der Waals surface area contributed by atoms with Gasteiger partial charge in [0.05, 0.1) is 17.4 Å². The first-order valence-electron chi connectivity index (χ1n) is 13.7. The number of nitrogens with zero attached hydrogens (tertiary/aromatic N) is 6. The molecule has 0 spiro atoms. The SMILES string of the molecule is CN(C)C(N)=NC(=N)N.Cc1cc(N2CC(C(=O)NC[C@@H]3CCCCO3)C2)nc2c1c(=O)c(C(=O)O)cn2-c1nccs1. The Morgan fingerprint density at radius 2 is 2.05 bits per heavy atom. The molecule has 3 aromatic rings. The number of amides is 1. The molecule has 1 amide bonds. The standard InChI is InChI=1S/C23H25N5O5S.C4H11N5/c1-13-8-17(27-10-14(11-27)21(30)25-9-15-4-2-3-6-33-15)26-20-18(13)19(29)16(22(31)32)12-28(20)23-24-5-7-34-23;1-9(2)4(7)8-3(5)6/h5,7-8,12,14-15H,2-4,6,9-11H2,1H3,(H,25,30)(H,31,32);1-2H3,(H5,5,6,7,8)/t15-;/m0./s1. The highest BCUT2D eigenvalue weighted by Gasteiger charge is 2.34. The number of aromatic carboxylic acids is 1. The summed E-state index contributed by atoms with van der Waals surface area (Å²) in [5.41, 5.74) is 10.3. The quantitative estimate of drug-likeness (QED) is 0.193. The van der Waals surface area contributed by atoms with Crippen molar-refractivity contribution in [2.24, 2.45) is 22.4 Å². The summed E-state index contributed by atoms with van der Waals surface area (Å²) in [5.74, 6) is -0.831. The molecule has 15 nitrogen and oxygen atoms in total. The van der Waals surface area contributed by atoms with E-state index in [-0.39, 0.29) is 40.8 Å². The molecule has 43 heavy (non-hydrogen) atoms. The van der Waals surface area contributed by atoms with Gasteiger partial charge in [0.1, 0.15) is 11.4 Å². The number of aryl methyl sites for hydroxylation is 1. The monoisotopic (exact) mass is 612 g/mol. The Balaban J connectivity index is 0.000000410. The number of carbonyl (C=O) groups excluding carboxylic acids is 1. The number of aliphatic imine (C=N–C) groups is 1. The predicted molar refractivity (Wildman–Crippen MR) is 164 cm³/mol. The molecule has 7 N–H and O–H groups in total. The van der Waals surface area contributed by atoms with Crippen LogP contribution in [0, 0.1) is 18.3 Å². The number of fused-ring (bicyclic) bond motifs is 1. The first kappa shape index (κ1) is 31.4. The summed E-state index contributed by atoms with van der Waals surface area (Å²) in [6.07, 6.45) is 6.16. The van der Waals surface area contributed by atoms with Crippen LogP contribution in [-0.2, 0) is 9.53 Å². The van der Waals surface area contributed by atoms with Crippen molar-refractivity contribution < 1.29 is 19.4 Å². The van der Waals surface area contributed by atoms with Crippen molar-refractivity contribution in [2.45, 2.75) is 32.3 Å². The van der Waals surface area contributed by atoms with Crippen molar-refractivity contribution in [1.29, 1.82) is 5.41 Å². The van der Waals surface area contributed by atoms with Crippen LogP contribution in [0.2, 0.25) is 0 Å². The summed E-state index contributed by atoms with van der Waals surface area (Å²) < 4.78 is 7.23. The summed E-state index contributed by atoms with van der Waals surface area (Å²) in [4.78, 5) is 53.1. The Labute approximate surface area is 251 Å². The third-order valence-corrected chi connectivity index (χ3v) is 7.82. The van der Waals surface area contributed by atoms with Crippen LogP contribution in [0.1, 0.15) is 35.2 Å². The van der Waals surface area contributed by atoms with E-state index in [0.29, 0.717) is 41.8 Å². The zero-order chi connectivity index (χ0) is 31.3. The lowest BCUT2D eigenvalue weighted by Gasteiger charge is -2.39. The molecule has 0 unspecified atom stereocenters. The third-order valence-electron chi connectivity index (χ3n) is 7.05. The molecule has 230 valence electrons. The van der Waals surface area contributed by atoms with E-state index in [1.807, 2.05) is 4.90 Å². The van der Waals surface area contributed by atoms with Crippen LogP contribution in [-0.4, -0.2) is 94.8 Å². The average molecular weight is 613 g/mol. The maximum atomic E-state index is 12.9. The van der Waals surface area contributed by atoms with Gasteiger partial charge in [-0.2, -0.15) is 4.99 Å². The predicted octanol–water partition coefficient (Wildman–Crippen LogP) is 0.726. The van der Waals surface area contributed by atoms with Gasteiger partial charge in [-0.15, -0.1) is 11.3 Å². The van der Waals surface area contributed by atoms with Crippen LogP contribution < -0.4 is 27.1 Å². The summed E-state index contributed by atoms with van der Waals surface area (Å²) in [6.45, 7) is 4.09. The maximum absolute atomic E-state index is 12.9. The van der Waals surface area contributed by atoms with E-state index in [9.17, 15) is 19.5 Å². The molecule has 2 fully saturated rings. The van der Waals surface area contributed by atoms with E-state index < -0.39 is 11.4 Å². The van der Waals surface area contributed by atoms with Crippen LogP contribution in [0.25, 0.3) is 16.2 Å². The van der Waals surface area contributed by atoms with E-state index in [4.69, 9.17) is 26.6 Å². The molecule has 0 radical (unpaired) electrons. The second-order valence-electron chi connectivity index (χ2n) is 10.4. The van der Waals surface area contributed by atoms with Gasteiger partial charge in [-0.3, -0.25) is 19.6 Å². The number of guanidine groups is 2. The first-order valence-corrected chi connectivity index (χ1v) is 14.5. The summed E-state index contributed by atoms with van der Waals surface area (Å²) in [7, 11) is 3.45. The van der Waals surface area contributed by atoms with Crippen LogP contribution in [0.5, 0.6) is 0 Å². The minimum Gasteiger partial charge on any atom is -0.477 e. The van der Waals surface area contributed by atoms with E-state index >= 15 is 0 Å². The molecule has 2 aliphatic heterocycles. The number of anilines is 1. The molecule has 0 aromatic carbocycles. The van der Waals surface area contributed by atoms with Crippen LogP contribution in [0.15, 0.2) is 33.6 Å². The van der Waals surface area contributed by atoms with Crippen LogP contribution in [0.3, 0.4) is 0 Å². The fourth-order valence-electron chi connectivity index (χ4n) is 4.65. The molecule has 3 aromatic heterocycles. The molecule has 16 heteroatoms. The molecule has 2 saturated heterocycles. The minimum atomic E-state index is -1.30. The largest absolute Gasteiger partial charge is 0.477 e. The number of nitrogens with two attached hydrogens (primary N) is 2. The van der Waals surface area contributed by atoms with Crippen molar-refractivity contribution in [1.82, 2.24) is 24.8 Å². The molecule has 5 heterocycles. The van der Waals surface area contributed by atoms with E-state index in [1.165, 1.54) is 17.5 Å². The van der Waals surface area contributed by atoms with Crippen molar-refractivity contribution >= 4 is 52.0 Å². The van der Waals surface area contributed by atoms with Gasteiger partial charge < -0.3 is 36.4 Å². The molecule has 0 bridgehead atoms. The Bertz CT molecular complexity index is 1570. The lowest BCUT2D eigenvalue weighted by molar-refractivity contribution is -0.126. The Hall–Kier alpha value is -4.57. The van der Waals surface area contributed by atoms with Crippen molar-refractivity contribution in [2.75, 3.05) is 45.2 Å². The lowest BCUT2D eigenvalue weighted by atomic mass is 9.98. The van der Waals surface area contributed by atoms with E-state index in [0.717, 1.165) is 25.9 Å². The topological polar surface area (TPSA) is 218 Å².